The Morgan fingerprint density at radius 2 is 0.430 bits per heavy atom. The van der Waals surface area contributed by atoms with Gasteiger partial charge >= 0.3 is 39.5 Å². The number of aliphatic hydroxyl groups excluding tert-OH is 1. The van der Waals surface area contributed by atoms with Gasteiger partial charge in [-0.15, -0.1) is 0 Å². The molecular formula is C88H172O17P2. The lowest BCUT2D eigenvalue weighted by atomic mass is 10.0. The second-order valence-electron chi connectivity index (χ2n) is 32.6. The van der Waals surface area contributed by atoms with Crippen LogP contribution >= 0.6 is 15.6 Å². The summed E-state index contributed by atoms with van der Waals surface area (Å²) in [6.45, 7) is 9.61. The average molecular weight is 1560 g/mol. The molecule has 0 saturated carbocycles. The van der Waals surface area contributed by atoms with Crippen molar-refractivity contribution in [1.29, 1.82) is 0 Å². The molecule has 0 aliphatic rings. The minimum absolute atomic E-state index is 0.107. The Labute approximate surface area is 658 Å². The second-order valence-corrected chi connectivity index (χ2v) is 35.5. The van der Waals surface area contributed by atoms with Crippen molar-refractivity contribution >= 4 is 39.5 Å². The molecule has 0 fully saturated rings. The van der Waals surface area contributed by atoms with Crippen molar-refractivity contribution in [3.05, 3.63) is 0 Å². The molecule has 3 N–H and O–H groups in total. The highest BCUT2D eigenvalue weighted by atomic mass is 31.2. The first-order valence-electron chi connectivity index (χ1n) is 45.5. The maximum absolute atomic E-state index is 13.2. The Hall–Kier alpha value is -1.94. The molecule has 0 aliphatic heterocycles. The van der Waals surface area contributed by atoms with E-state index in [2.05, 4.69) is 41.5 Å². The number of ether oxygens (including phenoxy) is 4. The zero-order chi connectivity index (χ0) is 78.5. The van der Waals surface area contributed by atoms with Gasteiger partial charge in [-0.05, 0) is 37.5 Å². The molecule has 0 bridgehead atoms. The summed E-state index contributed by atoms with van der Waals surface area (Å²) in [4.78, 5) is 73.2. The van der Waals surface area contributed by atoms with Crippen molar-refractivity contribution in [2.45, 2.75) is 490 Å². The van der Waals surface area contributed by atoms with E-state index in [-0.39, 0.29) is 25.7 Å². The largest absolute Gasteiger partial charge is 0.472 e. The smallest absolute Gasteiger partial charge is 0.462 e. The zero-order valence-corrected chi connectivity index (χ0v) is 72.2. The highest BCUT2D eigenvalue weighted by Crippen LogP contribution is 2.45. The summed E-state index contributed by atoms with van der Waals surface area (Å²) in [5, 5.41) is 10.7. The Bertz CT molecular complexity index is 2050. The molecule has 0 aromatic carbocycles. The van der Waals surface area contributed by atoms with E-state index in [0.717, 1.165) is 102 Å². The van der Waals surface area contributed by atoms with Crippen LogP contribution in [0.15, 0.2) is 0 Å². The van der Waals surface area contributed by atoms with Crippen LogP contribution in [-0.2, 0) is 65.4 Å². The third-order valence-corrected chi connectivity index (χ3v) is 22.6. The van der Waals surface area contributed by atoms with E-state index in [1.54, 1.807) is 0 Å². The van der Waals surface area contributed by atoms with E-state index in [4.69, 9.17) is 37.0 Å². The average Bonchev–Trinajstić information content (AvgIpc) is 0.903. The summed E-state index contributed by atoms with van der Waals surface area (Å²) in [7, 11) is -9.93. The van der Waals surface area contributed by atoms with Gasteiger partial charge in [0.2, 0.25) is 0 Å². The fourth-order valence-corrected chi connectivity index (χ4v) is 15.4. The molecule has 0 radical (unpaired) electrons. The summed E-state index contributed by atoms with van der Waals surface area (Å²) in [5.41, 5.74) is 0. The number of unbranched alkanes of at least 4 members (excludes halogenated alkanes) is 57. The molecular weight excluding hydrogens is 1390 g/mol. The maximum atomic E-state index is 13.2. The van der Waals surface area contributed by atoms with Gasteiger partial charge in [0.25, 0.3) is 0 Å². The highest BCUT2D eigenvalue weighted by Gasteiger charge is 2.30. The number of carbonyl (C=O) groups is 4. The molecule has 5 atom stereocenters. The molecule has 0 spiro atoms. The Morgan fingerprint density at radius 3 is 0.636 bits per heavy atom. The molecule has 636 valence electrons. The molecule has 0 aliphatic carbocycles. The number of aliphatic hydroxyl groups is 1. The monoisotopic (exact) mass is 1560 g/mol. The first-order chi connectivity index (χ1) is 51.9. The summed E-state index contributed by atoms with van der Waals surface area (Å²) >= 11 is 0. The van der Waals surface area contributed by atoms with Crippen molar-refractivity contribution < 1.29 is 80.2 Å². The van der Waals surface area contributed by atoms with E-state index in [0.29, 0.717) is 31.6 Å². The van der Waals surface area contributed by atoms with Gasteiger partial charge in [0.15, 0.2) is 12.2 Å². The molecule has 0 amide bonds. The van der Waals surface area contributed by atoms with Crippen molar-refractivity contribution in [2.24, 2.45) is 11.8 Å². The van der Waals surface area contributed by atoms with E-state index >= 15 is 0 Å². The van der Waals surface area contributed by atoms with Crippen molar-refractivity contribution in [1.82, 2.24) is 0 Å². The number of esters is 4. The Morgan fingerprint density at radius 1 is 0.252 bits per heavy atom. The van der Waals surface area contributed by atoms with Crippen LogP contribution in [0.4, 0.5) is 0 Å². The lowest BCUT2D eigenvalue weighted by Crippen LogP contribution is -2.30. The lowest BCUT2D eigenvalue weighted by Gasteiger charge is -2.21. The van der Waals surface area contributed by atoms with Crippen LogP contribution in [0, 0.1) is 11.8 Å². The summed E-state index contributed by atoms with van der Waals surface area (Å²) in [6, 6.07) is 0. The van der Waals surface area contributed by atoms with E-state index in [1.165, 1.54) is 283 Å². The number of rotatable bonds is 87. The van der Waals surface area contributed by atoms with Gasteiger partial charge in [-0.3, -0.25) is 37.3 Å². The fourth-order valence-electron chi connectivity index (χ4n) is 13.8. The molecule has 0 rings (SSSR count). The van der Waals surface area contributed by atoms with Crippen molar-refractivity contribution in [3.63, 3.8) is 0 Å². The van der Waals surface area contributed by atoms with Gasteiger partial charge in [0.1, 0.15) is 19.3 Å². The number of carbonyl (C=O) groups excluding carboxylic acids is 4. The Balaban J connectivity index is 5.20. The van der Waals surface area contributed by atoms with Crippen LogP contribution in [0.5, 0.6) is 0 Å². The minimum atomic E-state index is -4.97. The quantitative estimate of drug-likeness (QED) is 0.0222. The van der Waals surface area contributed by atoms with Gasteiger partial charge in [-0.25, -0.2) is 9.13 Å². The molecule has 107 heavy (non-hydrogen) atoms. The number of phosphoric acid groups is 2. The van der Waals surface area contributed by atoms with Crippen molar-refractivity contribution in [2.75, 3.05) is 39.6 Å². The first-order valence-corrected chi connectivity index (χ1v) is 48.5. The fraction of sp³-hybridized carbons (Fsp3) is 0.955. The van der Waals surface area contributed by atoms with Gasteiger partial charge in [-0.2, -0.15) is 0 Å². The molecule has 19 heteroatoms. The molecule has 2 unspecified atom stereocenters. The van der Waals surface area contributed by atoms with Gasteiger partial charge in [0, 0.05) is 25.7 Å². The standard InChI is InChI=1S/C88H172O17P2/c1-7-9-11-13-15-17-19-21-23-25-27-29-30-32-34-36-40-44-48-52-60-66-72-87(92)104-83(76-98-85(90)70-64-58-51-47-43-39-35-33-31-28-26-24-22-20-18-16-14-12-10-8-2)78-102-106(94,95)100-74-82(89)75-101-107(96,97)103-79-84(77-99-86(91)71-65-59-55-54-57-63-69-81(5)6)105-88(93)73-67-61-53-49-45-41-37-38-42-46-50-56-62-68-80(3)4/h80-84,89H,7-79H2,1-6H3,(H,94,95)(H,96,97)/t82-,83-,84-/m1/s1. The van der Waals surface area contributed by atoms with Gasteiger partial charge < -0.3 is 33.8 Å². The normalized spacial score (nSPS) is 13.8. The van der Waals surface area contributed by atoms with E-state index in [9.17, 15) is 43.2 Å². The highest BCUT2D eigenvalue weighted by molar-refractivity contribution is 7.47. The second kappa shape index (κ2) is 79.3. The van der Waals surface area contributed by atoms with Crippen LogP contribution in [-0.4, -0.2) is 96.7 Å². The third kappa shape index (κ3) is 81.9. The van der Waals surface area contributed by atoms with E-state index < -0.39 is 97.5 Å². The molecule has 0 aromatic heterocycles. The van der Waals surface area contributed by atoms with Crippen molar-refractivity contribution in [3.8, 4) is 0 Å². The maximum Gasteiger partial charge on any atom is 0.472 e. The lowest BCUT2D eigenvalue weighted by molar-refractivity contribution is -0.161. The summed E-state index contributed by atoms with van der Waals surface area (Å²) < 4.78 is 68.9. The molecule has 0 aromatic rings. The molecule has 0 saturated heterocycles. The summed E-state index contributed by atoms with van der Waals surface area (Å²) in [5.74, 6) is -0.638. The predicted octanol–water partition coefficient (Wildman–Crippen LogP) is 27.0. The molecule has 0 heterocycles. The van der Waals surface area contributed by atoms with Crippen LogP contribution in [0.1, 0.15) is 472 Å². The first kappa shape index (κ1) is 105. The zero-order valence-electron chi connectivity index (χ0n) is 70.5. The SMILES string of the molecule is CCCCCCCCCCCCCCCCCCCCCCCCC(=O)O[C@H](COC(=O)CCCCCCCCCCCCCCCCCCCCCC)COP(=O)(O)OC[C@@H](O)COP(=O)(O)OC[C@@H](COC(=O)CCCCCCCCC(C)C)OC(=O)CCCCCCCCCCCCCCCC(C)C. The van der Waals surface area contributed by atoms with Crippen LogP contribution in [0.3, 0.4) is 0 Å². The van der Waals surface area contributed by atoms with Gasteiger partial charge in [-0.1, -0.05) is 420 Å². The number of phosphoric ester groups is 2. The van der Waals surface area contributed by atoms with Crippen LogP contribution < -0.4 is 0 Å². The topological polar surface area (TPSA) is 237 Å². The molecule has 17 nitrogen and oxygen atoms in total. The van der Waals surface area contributed by atoms with Crippen LogP contribution in [0.2, 0.25) is 0 Å². The number of hydrogen-bond acceptors (Lipinski definition) is 15. The van der Waals surface area contributed by atoms with Crippen LogP contribution in [0.25, 0.3) is 0 Å². The Kier molecular flexibility index (Phi) is 77.9. The predicted molar refractivity (Wildman–Crippen MR) is 442 cm³/mol. The van der Waals surface area contributed by atoms with E-state index in [1.807, 2.05) is 0 Å². The minimum Gasteiger partial charge on any atom is -0.462 e. The van der Waals surface area contributed by atoms with Gasteiger partial charge in [0.05, 0.1) is 26.4 Å². The third-order valence-electron chi connectivity index (χ3n) is 20.7. The summed E-state index contributed by atoms with van der Waals surface area (Å²) in [6.07, 6.45) is 72.6. The number of hydrogen-bond donors (Lipinski definition) is 3.